The van der Waals surface area contributed by atoms with E-state index in [0.29, 0.717) is 0 Å². The number of hydrogen-bond acceptors (Lipinski definition) is 1. The smallest absolute Gasteiger partial charge is 0.0483 e. The lowest BCUT2D eigenvalue weighted by molar-refractivity contribution is 0.280. The number of fused-ring (bicyclic) bond motifs is 1. The molecule has 0 unspecified atom stereocenters. The van der Waals surface area contributed by atoms with Crippen molar-refractivity contribution in [1.82, 2.24) is 4.57 Å². The predicted molar refractivity (Wildman–Crippen MR) is 70.1 cm³/mol. The number of rotatable bonds is 4. The molecule has 2 nitrogen and oxygen atoms in total. The van der Waals surface area contributed by atoms with Crippen molar-refractivity contribution < 1.29 is 5.11 Å². The van der Waals surface area contributed by atoms with E-state index in [1.807, 2.05) is 0 Å². The molecule has 90 valence electrons. The van der Waals surface area contributed by atoms with Crippen LogP contribution >= 0.6 is 0 Å². The van der Waals surface area contributed by atoms with E-state index in [0.717, 1.165) is 18.9 Å². The second kappa shape index (κ2) is 4.53. The summed E-state index contributed by atoms with van der Waals surface area (Å²) < 4.78 is 2.38. The van der Waals surface area contributed by atoms with E-state index >= 15 is 0 Å². The zero-order valence-electron chi connectivity index (χ0n) is 10.1. The van der Waals surface area contributed by atoms with Gasteiger partial charge in [-0.25, -0.2) is 0 Å². The molecule has 1 heterocycles. The molecule has 1 fully saturated rings. The maximum absolute atomic E-state index is 9.07. The molecule has 3 rings (SSSR count). The Morgan fingerprint density at radius 1 is 1.24 bits per heavy atom. The van der Waals surface area contributed by atoms with Crippen molar-refractivity contribution >= 4 is 10.9 Å². The van der Waals surface area contributed by atoms with E-state index in [2.05, 4.69) is 35.0 Å². The first-order chi connectivity index (χ1) is 8.38. The summed E-state index contributed by atoms with van der Waals surface area (Å²) in [6, 6.07) is 8.60. The zero-order valence-corrected chi connectivity index (χ0v) is 10.1. The molecular weight excluding hydrogens is 210 g/mol. The van der Waals surface area contributed by atoms with Crippen molar-refractivity contribution in [3.05, 3.63) is 36.0 Å². The molecule has 0 aliphatic heterocycles. The Hall–Kier alpha value is -1.28. The molecule has 0 saturated heterocycles. The molecule has 17 heavy (non-hydrogen) atoms. The molecule has 1 aromatic carbocycles. The van der Waals surface area contributed by atoms with Gasteiger partial charge < -0.3 is 9.67 Å². The lowest BCUT2D eigenvalue weighted by atomic mass is 9.85. The summed E-state index contributed by atoms with van der Waals surface area (Å²) in [6.45, 7) is 1.39. The van der Waals surface area contributed by atoms with Crippen LogP contribution in [0.25, 0.3) is 10.9 Å². The third-order valence-electron chi connectivity index (χ3n) is 3.96. The van der Waals surface area contributed by atoms with Gasteiger partial charge in [0.25, 0.3) is 0 Å². The van der Waals surface area contributed by atoms with Crippen LogP contribution in [0.5, 0.6) is 0 Å². The summed E-state index contributed by atoms with van der Waals surface area (Å²) in [6.07, 6.45) is 7.13. The number of aliphatic hydroxyl groups is 1. The van der Waals surface area contributed by atoms with E-state index in [4.69, 9.17) is 5.11 Å². The Morgan fingerprint density at radius 3 is 2.82 bits per heavy atom. The zero-order chi connectivity index (χ0) is 11.7. The quantitative estimate of drug-likeness (QED) is 0.856. The van der Waals surface area contributed by atoms with Crippen molar-refractivity contribution in [2.24, 2.45) is 5.92 Å². The lowest BCUT2D eigenvalue weighted by Crippen LogP contribution is -2.17. The van der Waals surface area contributed by atoms with Gasteiger partial charge in [0.05, 0.1) is 0 Å². The first-order valence-corrected chi connectivity index (χ1v) is 6.56. The van der Waals surface area contributed by atoms with Crippen LogP contribution in [0, 0.1) is 5.92 Å². The average Bonchev–Trinajstić information content (AvgIpc) is 2.68. The van der Waals surface area contributed by atoms with Gasteiger partial charge in [0.15, 0.2) is 0 Å². The van der Waals surface area contributed by atoms with Gasteiger partial charge in [-0.15, -0.1) is 0 Å². The van der Waals surface area contributed by atoms with Gasteiger partial charge in [0.1, 0.15) is 0 Å². The minimum Gasteiger partial charge on any atom is -0.396 e. The van der Waals surface area contributed by atoms with Crippen molar-refractivity contribution in [1.29, 1.82) is 0 Å². The summed E-state index contributed by atoms with van der Waals surface area (Å²) in [5.41, 5.74) is 2.58. The van der Waals surface area contributed by atoms with E-state index in [1.165, 1.54) is 35.7 Å². The maximum atomic E-state index is 9.07. The van der Waals surface area contributed by atoms with Crippen LogP contribution in [0.4, 0.5) is 0 Å². The molecular formula is C15H19NO. The van der Waals surface area contributed by atoms with Gasteiger partial charge in [0.2, 0.25) is 0 Å². The molecule has 0 amide bonds. The van der Waals surface area contributed by atoms with E-state index in [-0.39, 0.29) is 6.61 Å². The third kappa shape index (κ3) is 1.98. The standard InChI is InChI=1S/C15H19NO/c17-10-8-13-5-2-6-15-14(13)7-9-16(15)11-12-3-1-4-12/h2,5-7,9,12,17H,1,3-4,8,10-11H2. The van der Waals surface area contributed by atoms with Gasteiger partial charge in [0, 0.05) is 30.3 Å². The predicted octanol–water partition coefficient (Wildman–Crippen LogP) is 2.98. The number of nitrogens with zero attached hydrogens (tertiary/aromatic N) is 1. The Morgan fingerprint density at radius 2 is 2.12 bits per heavy atom. The molecule has 1 aliphatic rings. The van der Waals surface area contributed by atoms with Gasteiger partial charge in [-0.3, -0.25) is 0 Å². The Bertz CT molecular complexity index is 511. The maximum Gasteiger partial charge on any atom is 0.0483 e. The Balaban J connectivity index is 1.94. The van der Waals surface area contributed by atoms with Gasteiger partial charge in [-0.2, -0.15) is 0 Å². The first kappa shape index (κ1) is 10.8. The van der Waals surface area contributed by atoms with Gasteiger partial charge in [-0.1, -0.05) is 18.6 Å². The van der Waals surface area contributed by atoms with Crippen LogP contribution in [-0.4, -0.2) is 16.3 Å². The summed E-state index contributed by atoms with van der Waals surface area (Å²) in [5.74, 6) is 0.882. The lowest BCUT2D eigenvalue weighted by Gasteiger charge is -2.26. The third-order valence-corrected chi connectivity index (χ3v) is 3.96. The molecule has 1 aromatic heterocycles. The fourth-order valence-corrected chi connectivity index (χ4v) is 2.74. The van der Waals surface area contributed by atoms with Gasteiger partial charge in [-0.05, 0) is 42.9 Å². The van der Waals surface area contributed by atoms with E-state index in [1.54, 1.807) is 0 Å². The van der Waals surface area contributed by atoms with Crippen LogP contribution in [-0.2, 0) is 13.0 Å². The molecule has 0 atom stereocenters. The Kier molecular flexibility index (Phi) is 2.89. The molecule has 0 radical (unpaired) electrons. The van der Waals surface area contributed by atoms with E-state index < -0.39 is 0 Å². The molecule has 0 bridgehead atoms. The molecule has 1 N–H and O–H groups in total. The molecule has 1 aliphatic carbocycles. The summed E-state index contributed by atoms with van der Waals surface area (Å²) >= 11 is 0. The fourth-order valence-electron chi connectivity index (χ4n) is 2.74. The van der Waals surface area contributed by atoms with Crippen LogP contribution in [0.15, 0.2) is 30.5 Å². The highest BCUT2D eigenvalue weighted by molar-refractivity contribution is 5.83. The topological polar surface area (TPSA) is 25.2 Å². The first-order valence-electron chi connectivity index (χ1n) is 6.56. The molecule has 1 saturated carbocycles. The highest BCUT2D eigenvalue weighted by Crippen LogP contribution is 2.30. The second-order valence-corrected chi connectivity index (χ2v) is 5.09. The van der Waals surface area contributed by atoms with Gasteiger partial charge >= 0.3 is 0 Å². The largest absolute Gasteiger partial charge is 0.396 e. The SMILES string of the molecule is OCCc1cccc2c1ccn2CC1CCC1. The highest BCUT2D eigenvalue weighted by atomic mass is 16.2. The number of aromatic nitrogens is 1. The van der Waals surface area contributed by atoms with Crippen LogP contribution in [0.2, 0.25) is 0 Å². The Labute approximate surface area is 102 Å². The fraction of sp³-hybridized carbons (Fsp3) is 0.467. The summed E-state index contributed by atoms with van der Waals surface area (Å²) in [5, 5.41) is 10.4. The number of aliphatic hydroxyl groups excluding tert-OH is 1. The van der Waals surface area contributed by atoms with Crippen LogP contribution in [0.1, 0.15) is 24.8 Å². The van der Waals surface area contributed by atoms with Crippen molar-refractivity contribution in [3.8, 4) is 0 Å². The minimum absolute atomic E-state index is 0.229. The normalized spacial score (nSPS) is 16.3. The molecule has 0 spiro atoms. The second-order valence-electron chi connectivity index (χ2n) is 5.09. The highest BCUT2D eigenvalue weighted by Gasteiger charge is 2.18. The van der Waals surface area contributed by atoms with Crippen molar-refractivity contribution in [2.75, 3.05) is 6.61 Å². The number of hydrogen-bond donors (Lipinski definition) is 1. The molecule has 2 aromatic rings. The molecule has 2 heteroatoms. The monoisotopic (exact) mass is 229 g/mol. The van der Waals surface area contributed by atoms with Crippen molar-refractivity contribution in [3.63, 3.8) is 0 Å². The van der Waals surface area contributed by atoms with Crippen molar-refractivity contribution in [2.45, 2.75) is 32.2 Å². The minimum atomic E-state index is 0.229. The van der Waals surface area contributed by atoms with E-state index in [9.17, 15) is 0 Å². The summed E-state index contributed by atoms with van der Waals surface area (Å²) in [4.78, 5) is 0. The number of benzene rings is 1. The summed E-state index contributed by atoms with van der Waals surface area (Å²) in [7, 11) is 0. The average molecular weight is 229 g/mol. The van der Waals surface area contributed by atoms with Crippen LogP contribution < -0.4 is 0 Å². The van der Waals surface area contributed by atoms with Crippen LogP contribution in [0.3, 0.4) is 0 Å².